The molecular formula is C15H23NO3S. The van der Waals surface area contributed by atoms with Crippen molar-refractivity contribution in [3.05, 3.63) is 35.9 Å². The molecule has 0 spiro atoms. The van der Waals surface area contributed by atoms with Crippen LogP contribution < -0.4 is 4.72 Å². The van der Waals surface area contributed by atoms with E-state index < -0.39 is 16.1 Å². The first-order valence-corrected chi connectivity index (χ1v) is 8.82. The summed E-state index contributed by atoms with van der Waals surface area (Å²) in [5.74, 6) is 0. The minimum atomic E-state index is -3.32. The number of hydrogen-bond acceptors (Lipinski definition) is 3. The lowest BCUT2D eigenvalue weighted by atomic mass is 10.0. The van der Waals surface area contributed by atoms with Crippen LogP contribution in [0.3, 0.4) is 0 Å². The molecule has 0 bridgehead atoms. The molecule has 2 rings (SSSR count). The van der Waals surface area contributed by atoms with Gasteiger partial charge in [0.2, 0.25) is 10.0 Å². The van der Waals surface area contributed by atoms with Crippen molar-refractivity contribution in [1.82, 2.24) is 4.72 Å². The summed E-state index contributed by atoms with van der Waals surface area (Å²) in [5, 5.41) is 9.13. The van der Waals surface area contributed by atoms with Crippen molar-refractivity contribution in [3.63, 3.8) is 0 Å². The average molecular weight is 297 g/mol. The number of aliphatic hydroxyl groups is 1. The van der Waals surface area contributed by atoms with Gasteiger partial charge in [0.1, 0.15) is 0 Å². The predicted molar refractivity (Wildman–Crippen MR) is 79.9 cm³/mol. The molecule has 0 aliphatic heterocycles. The molecule has 20 heavy (non-hydrogen) atoms. The third-order valence-corrected chi connectivity index (χ3v) is 5.88. The van der Waals surface area contributed by atoms with Gasteiger partial charge in [0.15, 0.2) is 0 Å². The topological polar surface area (TPSA) is 66.4 Å². The fourth-order valence-electron chi connectivity index (χ4n) is 2.75. The highest BCUT2D eigenvalue weighted by atomic mass is 32.2. The second kappa shape index (κ2) is 7.20. The number of hydrogen-bond donors (Lipinski definition) is 2. The third-order valence-electron chi connectivity index (χ3n) is 3.87. The molecule has 0 heterocycles. The smallest absolute Gasteiger partial charge is 0.214 e. The van der Waals surface area contributed by atoms with Gasteiger partial charge in [-0.05, 0) is 24.8 Å². The monoisotopic (exact) mass is 297 g/mol. The Labute approximate surface area is 121 Å². The van der Waals surface area contributed by atoms with Crippen LogP contribution in [0.1, 0.15) is 37.7 Å². The molecule has 4 nitrogen and oxygen atoms in total. The normalized spacial score (nSPS) is 18.9. The summed E-state index contributed by atoms with van der Waals surface area (Å²) >= 11 is 0. The number of aliphatic hydroxyl groups excluding tert-OH is 1. The van der Waals surface area contributed by atoms with Gasteiger partial charge in [-0.2, -0.15) is 0 Å². The Balaban J connectivity index is 1.98. The lowest BCUT2D eigenvalue weighted by molar-refractivity contribution is 0.255. The lowest BCUT2D eigenvalue weighted by Gasteiger charge is -2.25. The summed E-state index contributed by atoms with van der Waals surface area (Å²) in [4.78, 5) is 0. The molecule has 112 valence electrons. The summed E-state index contributed by atoms with van der Waals surface area (Å²) < 4.78 is 27.3. The minimum absolute atomic E-state index is 0.180. The maximum absolute atomic E-state index is 12.3. The molecule has 1 saturated carbocycles. The zero-order chi connectivity index (χ0) is 14.4. The van der Waals surface area contributed by atoms with Crippen molar-refractivity contribution in [1.29, 1.82) is 0 Å². The Kier molecular flexibility index (Phi) is 5.57. The summed E-state index contributed by atoms with van der Waals surface area (Å²) in [7, 11) is -3.32. The van der Waals surface area contributed by atoms with Crippen molar-refractivity contribution in [2.24, 2.45) is 0 Å². The van der Waals surface area contributed by atoms with Crippen LogP contribution in [0.25, 0.3) is 0 Å². The van der Waals surface area contributed by atoms with Crippen LogP contribution in [0.4, 0.5) is 0 Å². The first-order valence-electron chi connectivity index (χ1n) is 7.28. The van der Waals surface area contributed by atoms with Crippen LogP contribution in [0.15, 0.2) is 30.3 Å². The molecule has 1 aromatic rings. The van der Waals surface area contributed by atoms with Gasteiger partial charge >= 0.3 is 0 Å². The van der Waals surface area contributed by atoms with E-state index in [0.717, 1.165) is 37.7 Å². The Morgan fingerprint density at radius 3 is 2.40 bits per heavy atom. The highest BCUT2D eigenvalue weighted by Gasteiger charge is 2.29. The molecule has 0 radical (unpaired) electrons. The minimum Gasteiger partial charge on any atom is -0.395 e. The fraction of sp³-hybridized carbons (Fsp3) is 0.600. The second-order valence-corrected chi connectivity index (χ2v) is 7.48. The van der Waals surface area contributed by atoms with Crippen molar-refractivity contribution in [3.8, 4) is 0 Å². The van der Waals surface area contributed by atoms with Gasteiger partial charge < -0.3 is 5.11 Å². The summed E-state index contributed by atoms with van der Waals surface area (Å²) in [6.45, 7) is -0.180. The molecule has 1 aliphatic carbocycles. The molecule has 0 amide bonds. The van der Waals surface area contributed by atoms with Crippen LogP contribution in [-0.2, 0) is 16.4 Å². The molecule has 1 unspecified atom stereocenters. The first kappa shape index (κ1) is 15.5. The number of rotatable bonds is 6. The van der Waals surface area contributed by atoms with Gasteiger partial charge in [-0.15, -0.1) is 0 Å². The Hall–Kier alpha value is -0.910. The molecular weight excluding hydrogens is 274 g/mol. The van der Waals surface area contributed by atoms with Crippen LogP contribution in [0.2, 0.25) is 0 Å². The van der Waals surface area contributed by atoms with E-state index in [1.807, 2.05) is 30.3 Å². The Bertz CT molecular complexity index is 495. The zero-order valence-corrected chi connectivity index (χ0v) is 12.5. The largest absolute Gasteiger partial charge is 0.395 e. The highest BCUT2D eigenvalue weighted by molar-refractivity contribution is 7.90. The summed E-state index contributed by atoms with van der Waals surface area (Å²) in [6.07, 6.45) is 5.07. The van der Waals surface area contributed by atoms with Crippen molar-refractivity contribution in [2.45, 2.75) is 49.8 Å². The van der Waals surface area contributed by atoms with Crippen LogP contribution in [-0.4, -0.2) is 31.4 Å². The van der Waals surface area contributed by atoms with E-state index in [1.54, 1.807) is 0 Å². The second-order valence-electron chi connectivity index (χ2n) is 5.49. The Morgan fingerprint density at radius 2 is 1.80 bits per heavy atom. The zero-order valence-electron chi connectivity index (χ0n) is 11.7. The molecule has 0 saturated heterocycles. The van der Waals surface area contributed by atoms with E-state index in [4.69, 9.17) is 0 Å². The number of sulfonamides is 1. The average Bonchev–Trinajstić information content (AvgIpc) is 2.48. The van der Waals surface area contributed by atoms with E-state index in [9.17, 15) is 13.5 Å². The molecule has 1 fully saturated rings. The van der Waals surface area contributed by atoms with Gasteiger partial charge in [0.05, 0.1) is 11.9 Å². The number of nitrogens with one attached hydrogen (secondary N) is 1. The van der Waals surface area contributed by atoms with E-state index in [-0.39, 0.29) is 11.9 Å². The summed E-state index contributed by atoms with van der Waals surface area (Å²) in [6, 6.07) is 9.20. The van der Waals surface area contributed by atoms with E-state index in [2.05, 4.69) is 4.72 Å². The molecule has 5 heteroatoms. The van der Waals surface area contributed by atoms with Crippen LogP contribution in [0.5, 0.6) is 0 Å². The maximum Gasteiger partial charge on any atom is 0.214 e. The van der Waals surface area contributed by atoms with Crippen molar-refractivity contribution < 1.29 is 13.5 Å². The van der Waals surface area contributed by atoms with Gasteiger partial charge in [0, 0.05) is 6.04 Å². The standard InChI is InChI=1S/C15H23NO3S/c17-12-14(11-13-7-3-1-4-8-13)16-20(18,19)15-9-5-2-6-10-15/h1,3-4,7-8,14-17H,2,5-6,9-12H2. The predicted octanol–water partition coefficient (Wildman–Crippen LogP) is 1.84. The number of benzene rings is 1. The first-order chi connectivity index (χ1) is 9.62. The van der Waals surface area contributed by atoms with Crippen molar-refractivity contribution >= 4 is 10.0 Å². The van der Waals surface area contributed by atoms with E-state index >= 15 is 0 Å². The lowest BCUT2D eigenvalue weighted by Crippen LogP contribution is -2.44. The molecule has 2 N–H and O–H groups in total. The molecule has 1 atom stereocenters. The quantitative estimate of drug-likeness (QED) is 0.842. The van der Waals surface area contributed by atoms with Gasteiger partial charge in [0.25, 0.3) is 0 Å². The Morgan fingerprint density at radius 1 is 1.15 bits per heavy atom. The molecule has 0 aromatic heterocycles. The SMILES string of the molecule is O=S(=O)(NC(CO)Cc1ccccc1)C1CCCCC1. The van der Waals surface area contributed by atoms with Gasteiger partial charge in [-0.3, -0.25) is 0 Å². The van der Waals surface area contributed by atoms with E-state index in [1.165, 1.54) is 0 Å². The molecule has 1 aliphatic rings. The van der Waals surface area contributed by atoms with Crippen LogP contribution in [0, 0.1) is 0 Å². The van der Waals surface area contributed by atoms with E-state index in [0.29, 0.717) is 6.42 Å². The van der Waals surface area contributed by atoms with Crippen LogP contribution >= 0.6 is 0 Å². The molecule has 1 aromatic carbocycles. The summed E-state index contributed by atoms with van der Waals surface area (Å²) in [5.41, 5.74) is 1.03. The third kappa shape index (κ3) is 4.30. The maximum atomic E-state index is 12.3. The van der Waals surface area contributed by atoms with Crippen molar-refractivity contribution in [2.75, 3.05) is 6.61 Å². The van der Waals surface area contributed by atoms with Gasteiger partial charge in [-0.1, -0.05) is 49.6 Å². The fourth-order valence-corrected chi connectivity index (χ4v) is 4.51. The van der Waals surface area contributed by atoms with Gasteiger partial charge in [-0.25, -0.2) is 13.1 Å². The highest BCUT2D eigenvalue weighted by Crippen LogP contribution is 2.23.